The predicted octanol–water partition coefficient (Wildman–Crippen LogP) is 4.02. The molecule has 1 aliphatic heterocycles. The Labute approximate surface area is 153 Å². The van der Waals surface area contributed by atoms with Crippen LogP contribution in [0.1, 0.15) is 18.1 Å². The lowest BCUT2D eigenvalue weighted by Crippen LogP contribution is -2.27. The first-order valence-corrected chi connectivity index (χ1v) is 8.62. The number of hydrogen-bond acceptors (Lipinski definition) is 4. The van der Waals surface area contributed by atoms with Crippen molar-refractivity contribution in [3.05, 3.63) is 70.4 Å². The largest absolute Gasteiger partial charge is 0.326 e. The van der Waals surface area contributed by atoms with Crippen molar-refractivity contribution < 1.29 is 18.8 Å². The number of carbonyl (C=O) groups is 3. The van der Waals surface area contributed by atoms with Crippen molar-refractivity contribution in [2.75, 3.05) is 5.32 Å². The van der Waals surface area contributed by atoms with Crippen LogP contribution in [0.3, 0.4) is 0 Å². The highest BCUT2D eigenvalue weighted by atomic mass is 32.2. The van der Waals surface area contributed by atoms with Gasteiger partial charge in [-0.1, -0.05) is 30.3 Å². The van der Waals surface area contributed by atoms with E-state index < -0.39 is 17.0 Å². The number of nitrogens with zero attached hydrogens (tertiary/aromatic N) is 1. The molecule has 0 spiro atoms. The molecular formula is C19H15FN2O3S. The Morgan fingerprint density at radius 1 is 1.15 bits per heavy atom. The molecule has 3 amide bonds. The first kappa shape index (κ1) is 17.9. The first-order valence-electron chi connectivity index (χ1n) is 7.80. The molecule has 1 aliphatic rings. The predicted molar refractivity (Wildman–Crippen MR) is 98.7 cm³/mol. The highest BCUT2D eigenvalue weighted by molar-refractivity contribution is 8.18. The zero-order chi connectivity index (χ0) is 18.7. The lowest BCUT2D eigenvalue weighted by atomic mass is 10.1. The molecule has 7 heteroatoms. The molecule has 2 aromatic carbocycles. The molecule has 1 heterocycles. The van der Waals surface area contributed by atoms with Gasteiger partial charge in [-0.2, -0.15) is 0 Å². The van der Waals surface area contributed by atoms with E-state index in [1.54, 1.807) is 48.5 Å². The Balaban J connectivity index is 1.76. The van der Waals surface area contributed by atoms with Crippen LogP contribution in [0.5, 0.6) is 0 Å². The molecule has 26 heavy (non-hydrogen) atoms. The molecule has 0 saturated carbocycles. The molecule has 1 N–H and O–H groups in total. The topological polar surface area (TPSA) is 66.5 Å². The van der Waals surface area contributed by atoms with Crippen LogP contribution in [0.4, 0.5) is 14.9 Å². The summed E-state index contributed by atoms with van der Waals surface area (Å²) in [6.45, 7) is 1.32. The minimum Gasteiger partial charge on any atom is -0.326 e. The minimum atomic E-state index is -0.455. The summed E-state index contributed by atoms with van der Waals surface area (Å²) in [5.41, 5.74) is 1.65. The van der Waals surface area contributed by atoms with Gasteiger partial charge in [-0.15, -0.1) is 0 Å². The van der Waals surface area contributed by atoms with Gasteiger partial charge in [0.15, 0.2) is 0 Å². The number of halogens is 1. The van der Waals surface area contributed by atoms with Crippen LogP contribution in [0.25, 0.3) is 6.08 Å². The number of anilines is 1. The van der Waals surface area contributed by atoms with Crippen molar-refractivity contribution in [3.63, 3.8) is 0 Å². The van der Waals surface area contributed by atoms with Crippen molar-refractivity contribution in [1.29, 1.82) is 0 Å². The molecule has 0 aromatic heterocycles. The fraction of sp³-hybridized carbons (Fsp3) is 0.105. The molecule has 0 unspecified atom stereocenters. The summed E-state index contributed by atoms with van der Waals surface area (Å²) in [7, 11) is 0. The molecule has 1 saturated heterocycles. The maximum Gasteiger partial charge on any atom is 0.293 e. The number of carbonyl (C=O) groups excluding carboxylic acids is 3. The van der Waals surface area contributed by atoms with E-state index in [4.69, 9.17) is 0 Å². The van der Waals surface area contributed by atoms with Gasteiger partial charge in [0.2, 0.25) is 5.91 Å². The lowest BCUT2D eigenvalue weighted by molar-refractivity contribution is -0.123. The van der Waals surface area contributed by atoms with Crippen molar-refractivity contribution in [1.82, 2.24) is 4.90 Å². The van der Waals surface area contributed by atoms with Crippen molar-refractivity contribution in [3.8, 4) is 0 Å². The molecule has 5 nitrogen and oxygen atoms in total. The smallest absolute Gasteiger partial charge is 0.293 e. The summed E-state index contributed by atoms with van der Waals surface area (Å²) in [5.74, 6) is -1.08. The van der Waals surface area contributed by atoms with Gasteiger partial charge in [0, 0.05) is 18.2 Å². The standard InChI is InChI=1S/C19H15FN2O3S/c1-12(23)21-15-8-6-13(7-9-15)10-17-18(24)22(19(25)26-17)11-14-4-2-3-5-16(14)20/h2-10H,11H2,1H3,(H,21,23)/b17-10+. The second kappa shape index (κ2) is 7.53. The van der Waals surface area contributed by atoms with Crippen LogP contribution < -0.4 is 5.32 Å². The van der Waals surface area contributed by atoms with Crippen LogP contribution >= 0.6 is 11.8 Å². The number of thioether (sulfide) groups is 1. The summed E-state index contributed by atoms with van der Waals surface area (Å²) in [6.07, 6.45) is 1.60. The van der Waals surface area contributed by atoms with Crippen LogP contribution in [-0.2, 0) is 16.1 Å². The first-order chi connectivity index (χ1) is 12.4. The molecule has 3 rings (SSSR count). The van der Waals surface area contributed by atoms with Gasteiger partial charge in [0.1, 0.15) is 5.82 Å². The number of hydrogen-bond donors (Lipinski definition) is 1. The summed E-state index contributed by atoms with van der Waals surface area (Å²) >= 11 is 0.823. The molecule has 132 valence electrons. The average molecular weight is 370 g/mol. The maximum absolute atomic E-state index is 13.8. The third-order valence-corrected chi connectivity index (χ3v) is 4.60. The number of amides is 3. The van der Waals surface area contributed by atoms with Crippen molar-refractivity contribution >= 4 is 40.6 Å². The fourth-order valence-corrected chi connectivity index (χ4v) is 3.29. The Morgan fingerprint density at radius 2 is 1.85 bits per heavy atom. The Kier molecular flexibility index (Phi) is 5.18. The molecule has 0 bridgehead atoms. The molecule has 0 radical (unpaired) electrons. The maximum atomic E-state index is 13.8. The molecule has 2 aromatic rings. The Morgan fingerprint density at radius 3 is 2.50 bits per heavy atom. The minimum absolute atomic E-state index is 0.101. The van der Waals surface area contributed by atoms with E-state index in [1.807, 2.05) is 0 Å². The normalized spacial score (nSPS) is 15.6. The van der Waals surface area contributed by atoms with E-state index in [1.165, 1.54) is 13.0 Å². The van der Waals surface area contributed by atoms with Crippen LogP contribution in [0.15, 0.2) is 53.4 Å². The summed E-state index contributed by atoms with van der Waals surface area (Å²) < 4.78 is 13.8. The van der Waals surface area contributed by atoms with Gasteiger partial charge in [-0.25, -0.2) is 4.39 Å². The van der Waals surface area contributed by atoms with E-state index in [0.29, 0.717) is 5.69 Å². The Bertz CT molecular complexity index is 909. The second-order valence-electron chi connectivity index (χ2n) is 5.66. The van der Waals surface area contributed by atoms with Gasteiger partial charge in [-0.05, 0) is 41.6 Å². The molecule has 0 aliphatic carbocycles. The number of imide groups is 1. The third-order valence-electron chi connectivity index (χ3n) is 3.69. The van der Waals surface area contributed by atoms with Gasteiger partial charge in [0.25, 0.3) is 11.1 Å². The highest BCUT2D eigenvalue weighted by Crippen LogP contribution is 2.33. The van der Waals surface area contributed by atoms with E-state index in [-0.39, 0.29) is 22.9 Å². The summed E-state index contributed by atoms with van der Waals surface area (Å²) in [4.78, 5) is 36.9. The monoisotopic (exact) mass is 370 g/mol. The van der Waals surface area contributed by atoms with E-state index in [9.17, 15) is 18.8 Å². The van der Waals surface area contributed by atoms with Gasteiger partial charge < -0.3 is 5.32 Å². The van der Waals surface area contributed by atoms with Gasteiger partial charge in [0.05, 0.1) is 11.4 Å². The average Bonchev–Trinajstić information content (AvgIpc) is 2.85. The fourth-order valence-electron chi connectivity index (χ4n) is 2.45. The second-order valence-corrected chi connectivity index (χ2v) is 6.66. The number of rotatable bonds is 4. The summed E-state index contributed by atoms with van der Waals surface area (Å²) in [5, 5.41) is 2.22. The van der Waals surface area contributed by atoms with Gasteiger partial charge in [-0.3, -0.25) is 19.3 Å². The highest BCUT2D eigenvalue weighted by Gasteiger charge is 2.35. The SMILES string of the molecule is CC(=O)Nc1ccc(/C=C2/SC(=O)N(Cc3ccccc3F)C2=O)cc1. The van der Waals surface area contributed by atoms with E-state index in [0.717, 1.165) is 22.2 Å². The summed E-state index contributed by atoms with van der Waals surface area (Å²) in [6, 6.07) is 12.9. The molecular weight excluding hydrogens is 355 g/mol. The molecule has 0 atom stereocenters. The van der Waals surface area contributed by atoms with Gasteiger partial charge >= 0.3 is 0 Å². The lowest BCUT2D eigenvalue weighted by Gasteiger charge is -2.12. The Hall–Kier alpha value is -2.93. The number of nitrogens with one attached hydrogen (secondary N) is 1. The van der Waals surface area contributed by atoms with Crippen molar-refractivity contribution in [2.45, 2.75) is 13.5 Å². The third kappa shape index (κ3) is 4.00. The van der Waals surface area contributed by atoms with Crippen LogP contribution in [-0.4, -0.2) is 22.0 Å². The zero-order valence-corrected chi connectivity index (χ0v) is 14.7. The van der Waals surface area contributed by atoms with Crippen molar-refractivity contribution in [2.24, 2.45) is 0 Å². The quantitative estimate of drug-likeness (QED) is 0.826. The molecule has 1 fully saturated rings. The van der Waals surface area contributed by atoms with E-state index in [2.05, 4.69) is 5.32 Å². The number of benzene rings is 2. The van der Waals surface area contributed by atoms with Crippen LogP contribution in [0.2, 0.25) is 0 Å². The van der Waals surface area contributed by atoms with Crippen LogP contribution in [0, 0.1) is 5.82 Å². The van der Waals surface area contributed by atoms with E-state index >= 15 is 0 Å². The zero-order valence-electron chi connectivity index (χ0n) is 13.9.